The zero-order valence-electron chi connectivity index (χ0n) is 13.5. The minimum absolute atomic E-state index is 0.244. The molecule has 6 nitrogen and oxygen atoms in total. The van der Waals surface area contributed by atoms with Gasteiger partial charge in [0, 0.05) is 29.4 Å². The summed E-state index contributed by atoms with van der Waals surface area (Å²) in [6, 6.07) is 6.60. The van der Waals surface area contributed by atoms with E-state index in [1.807, 2.05) is 0 Å². The lowest BCUT2D eigenvalue weighted by molar-refractivity contribution is 0.346. The van der Waals surface area contributed by atoms with Gasteiger partial charge in [-0.25, -0.2) is 8.42 Å². The molecule has 0 unspecified atom stereocenters. The summed E-state index contributed by atoms with van der Waals surface area (Å²) in [5.74, 6) is 0.741. The number of benzene rings is 1. The highest BCUT2D eigenvalue weighted by atomic mass is 35.5. The topological polar surface area (TPSA) is 76.3 Å². The first-order chi connectivity index (χ1) is 12.0. The number of nitrogens with zero attached hydrogens (tertiary/aromatic N) is 3. The molecular formula is C16H18ClN3O3S2. The van der Waals surface area contributed by atoms with Crippen molar-refractivity contribution in [2.75, 3.05) is 18.8 Å². The van der Waals surface area contributed by atoms with Gasteiger partial charge in [0.2, 0.25) is 15.9 Å². The Hall–Kier alpha value is -1.35. The summed E-state index contributed by atoms with van der Waals surface area (Å²) in [6.45, 7) is 4.73. The molecule has 1 aliphatic heterocycles. The molecule has 9 heteroatoms. The second-order valence-electron chi connectivity index (χ2n) is 5.67. The van der Waals surface area contributed by atoms with Gasteiger partial charge in [0.25, 0.3) is 5.22 Å². The van der Waals surface area contributed by atoms with Crippen LogP contribution in [0.1, 0.15) is 19.3 Å². The Labute approximate surface area is 156 Å². The van der Waals surface area contributed by atoms with E-state index in [-0.39, 0.29) is 10.8 Å². The van der Waals surface area contributed by atoms with Gasteiger partial charge in [-0.2, -0.15) is 4.31 Å². The minimum Gasteiger partial charge on any atom is -0.411 e. The molecule has 1 saturated heterocycles. The molecule has 1 aromatic carbocycles. The first kappa shape index (κ1) is 18.4. The van der Waals surface area contributed by atoms with Crippen LogP contribution in [-0.4, -0.2) is 41.8 Å². The standard InChI is InChI=1S/C16H18ClN3O3S2/c1-12(17)11-24-16-19-18-15(23-16)13-6-5-7-14(10-13)25(21,22)20-8-3-2-4-9-20/h5-7,10H,1-4,8-9,11H2. The highest BCUT2D eigenvalue weighted by molar-refractivity contribution is 7.99. The lowest BCUT2D eigenvalue weighted by Gasteiger charge is -2.25. The third-order valence-electron chi connectivity index (χ3n) is 3.79. The SMILES string of the molecule is C=C(Cl)CSc1nnc(-c2cccc(S(=O)(=O)N3CCCCC3)c2)o1. The van der Waals surface area contributed by atoms with Crippen molar-refractivity contribution in [2.45, 2.75) is 29.4 Å². The van der Waals surface area contributed by atoms with Crippen LogP contribution in [0.3, 0.4) is 0 Å². The van der Waals surface area contributed by atoms with Crippen LogP contribution in [0.2, 0.25) is 0 Å². The summed E-state index contributed by atoms with van der Waals surface area (Å²) in [5, 5.41) is 8.76. The van der Waals surface area contributed by atoms with E-state index in [9.17, 15) is 8.42 Å². The van der Waals surface area contributed by atoms with Gasteiger partial charge in [0.05, 0.1) is 4.90 Å². The van der Waals surface area contributed by atoms with E-state index in [4.69, 9.17) is 16.0 Å². The van der Waals surface area contributed by atoms with Crippen molar-refractivity contribution >= 4 is 33.4 Å². The Morgan fingerprint density at radius 3 is 2.76 bits per heavy atom. The fourth-order valence-electron chi connectivity index (χ4n) is 2.57. The summed E-state index contributed by atoms with van der Waals surface area (Å²) >= 11 is 7.00. The van der Waals surface area contributed by atoms with Crippen molar-refractivity contribution in [1.82, 2.24) is 14.5 Å². The lowest BCUT2D eigenvalue weighted by atomic mass is 10.2. The van der Waals surface area contributed by atoms with E-state index in [0.29, 0.717) is 34.7 Å². The molecule has 1 aliphatic rings. The number of hydrogen-bond donors (Lipinski definition) is 0. The van der Waals surface area contributed by atoms with Crippen LogP contribution >= 0.6 is 23.4 Å². The maximum Gasteiger partial charge on any atom is 0.277 e. The second-order valence-corrected chi connectivity index (χ2v) is 9.07. The van der Waals surface area contributed by atoms with E-state index in [1.54, 1.807) is 24.3 Å². The van der Waals surface area contributed by atoms with Gasteiger partial charge < -0.3 is 4.42 Å². The molecule has 0 radical (unpaired) electrons. The maximum absolute atomic E-state index is 12.8. The molecular weight excluding hydrogens is 382 g/mol. The number of thioether (sulfide) groups is 1. The monoisotopic (exact) mass is 399 g/mol. The smallest absolute Gasteiger partial charge is 0.277 e. The Kier molecular flexibility index (Phi) is 5.83. The molecule has 3 rings (SSSR count). The van der Waals surface area contributed by atoms with Crippen molar-refractivity contribution in [1.29, 1.82) is 0 Å². The van der Waals surface area contributed by atoms with E-state index in [2.05, 4.69) is 16.8 Å². The fraction of sp³-hybridized carbons (Fsp3) is 0.375. The predicted octanol–water partition coefficient (Wildman–Crippen LogP) is 3.76. The molecule has 1 aromatic heterocycles. The van der Waals surface area contributed by atoms with Gasteiger partial charge in [-0.15, -0.1) is 10.2 Å². The number of hydrogen-bond acceptors (Lipinski definition) is 6. The lowest BCUT2D eigenvalue weighted by Crippen LogP contribution is -2.35. The molecule has 25 heavy (non-hydrogen) atoms. The third-order valence-corrected chi connectivity index (χ3v) is 6.88. The predicted molar refractivity (Wildman–Crippen MR) is 98.1 cm³/mol. The number of sulfonamides is 1. The van der Waals surface area contributed by atoms with Crippen LogP contribution in [0.15, 0.2) is 50.4 Å². The van der Waals surface area contributed by atoms with Crippen molar-refractivity contribution in [2.24, 2.45) is 0 Å². The third kappa shape index (κ3) is 4.44. The highest BCUT2D eigenvalue weighted by Gasteiger charge is 2.26. The molecule has 0 amide bonds. The van der Waals surface area contributed by atoms with Gasteiger partial charge in [-0.1, -0.05) is 42.4 Å². The van der Waals surface area contributed by atoms with Crippen LogP contribution < -0.4 is 0 Å². The largest absolute Gasteiger partial charge is 0.411 e. The van der Waals surface area contributed by atoms with E-state index >= 15 is 0 Å². The molecule has 134 valence electrons. The Balaban J connectivity index is 1.83. The zero-order valence-corrected chi connectivity index (χ0v) is 15.9. The molecule has 0 saturated carbocycles. The van der Waals surface area contributed by atoms with Crippen molar-refractivity contribution in [3.05, 3.63) is 35.9 Å². The van der Waals surface area contributed by atoms with Crippen molar-refractivity contribution < 1.29 is 12.8 Å². The summed E-state index contributed by atoms with van der Waals surface area (Å²) in [7, 11) is -3.50. The molecule has 0 bridgehead atoms. The zero-order chi connectivity index (χ0) is 17.9. The van der Waals surface area contributed by atoms with Crippen LogP contribution in [0.4, 0.5) is 0 Å². The van der Waals surface area contributed by atoms with Crippen molar-refractivity contribution in [3.8, 4) is 11.5 Å². The minimum atomic E-state index is -3.50. The molecule has 2 aromatic rings. The van der Waals surface area contributed by atoms with Gasteiger partial charge in [0.1, 0.15) is 0 Å². The fourth-order valence-corrected chi connectivity index (χ4v) is 4.81. The molecule has 2 heterocycles. The van der Waals surface area contributed by atoms with Gasteiger partial charge >= 0.3 is 0 Å². The van der Waals surface area contributed by atoms with Gasteiger partial charge in [0.15, 0.2) is 0 Å². The summed E-state index contributed by atoms with van der Waals surface area (Å²) in [6.07, 6.45) is 2.87. The average Bonchev–Trinajstić information content (AvgIpc) is 3.10. The number of halogens is 1. The number of aromatic nitrogens is 2. The number of piperidine rings is 1. The average molecular weight is 400 g/mol. The Morgan fingerprint density at radius 1 is 1.28 bits per heavy atom. The first-order valence-electron chi connectivity index (χ1n) is 7.87. The summed E-state index contributed by atoms with van der Waals surface area (Å²) < 4.78 is 32.7. The van der Waals surface area contributed by atoms with Crippen LogP contribution in [0.25, 0.3) is 11.5 Å². The van der Waals surface area contributed by atoms with Gasteiger partial charge in [-0.3, -0.25) is 0 Å². The molecule has 0 spiro atoms. The van der Waals surface area contributed by atoms with E-state index in [0.717, 1.165) is 19.3 Å². The number of rotatable bonds is 6. The van der Waals surface area contributed by atoms with E-state index < -0.39 is 10.0 Å². The highest BCUT2D eigenvalue weighted by Crippen LogP contribution is 2.28. The second kappa shape index (κ2) is 7.90. The normalized spacial score (nSPS) is 16.0. The molecule has 0 N–H and O–H groups in total. The molecule has 1 fully saturated rings. The van der Waals surface area contributed by atoms with Crippen LogP contribution in [0.5, 0.6) is 0 Å². The van der Waals surface area contributed by atoms with E-state index in [1.165, 1.54) is 16.1 Å². The Bertz CT molecular complexity index is 861. The summed E-state index contributed by atoms with van der Waals surface area (Å²) in [5.41, 5.74) is 0.571. The molecule has 0 aliphatic carbocycles. The first-order valence-corrected chi connectivity index (χ1v) is 10.7. The quantitative estimate of drug-likeness (QED) is 0.688. The van der Waals surface area contributed by atoms with Gasteiger partial charge in [-0.05, 0) is 31.0 Å². The maximum atomic E-state index is 12.8. The van der Waals surface area contributed by atoms with Crippen molar-refractivity contribution in [3.63, 3.8) is 0 Å². The Morgan fingerprint density at radius 2 is 2.04 bits per heavy atom. The van der Waals surface area contributed by atoms with Crippen LogP contribution in [-0.2, 0) is 10.0 Å². The molecule has 0 atom stereocenters. The van der Waals surface area contributed by atoms with Crippen LogP contribution in [0, 0.1) is 0 Å². The summed E-state index contributed by atoms with van der Waals surface area (Å²) in [4.78, 5) is 0.244.